The molecule has 29 heavy (non-hydrogen) atoms. The molecule has 6 nitrogen and oxygen atoms in total. The maximum Gasteiger partial charge on any atom is 0.344 e. The fourth-order valence-electron chi connectivity index (χ4n) is 2.81. The van der Waals surface area contributed by atoms with Crippen molar-refractivity contribution in [3.8, 4) is 17.2 Å². The lowest BCUT2D eigenvalue weighted by atomic mass is 10.1. The highest BCUT2D eigenvalue weighted by atomic mass is 79.9. The molecule has 3 rings (SSSR count). The number of Topliss-reactive ketones (excluding diaryl/α,β-unsaturated/α-hetero) is 1. The van der Waals surface area contributed by atoms with Crippen molar-refractivity contribution in [2.45, 2.75) is 6.92 Å². The molecule has 0 N–H and O–H groups in total. The highest BCUT2D eigenvalue weighted by molar-refractivity contribution is 9.10. The molecular weight excluding hydrogens is 440 g/mol. The van der Waals surface area contributed by atoms with Crippen LogP contribution in [-0.2, 0) is 9.53 Å². The zero-order valence-electron chi connectivity index (χ0n) is 16.0. The average molecular weight is 459 g/mol. The number of carbonyl (C=O) groups is 2. The van der Waals surface area contributed by atoms with Crippen LogP contribution >= 0.6 is 15.9 Å². The van der Waals surface area contributed by atoms with E-state index in [1.807, 2.05) is 12.1 Å². The quantitative estimate of drug-likeness (QED) is 0.345. The molecule has 0 amide bonds. The first-order chi connectivity index (χ1) is 13.9. The summed E-state index contributed by atoms with van der Waals surface area (Å²) in [6.07, 6.45) is 3.12. The summed E-state index contributed by atoms with van der Waals surface area (Å²) in [5.74, 6) is 0.903. The molecule has 2 aromatic rings. The second-order valence-corrected chi connectivity index (χ2v) is 7.07. The van der Waals surface area contributed by atoms with Gasteiger partial charge >= 0.3 is 5.97 Å². The van der Waals surface area contributed by atoms with Gasteiger partial charge in [-0.25, -0.2) is 4.79 Å². The van der Waals surface area contributed by atoms with E-state index < -0.39 is 5.97 Å². The van der Waals surface area contributed by atoms with E-state index in [4.69, 9.17) is 18.9 Å². The summed E-state index contributed by atoms with van der Waals surface area (Å²) < 4.78 is 22.4. The topological polar surface area (TPSA) is 71.1 Å². The van der Waals surface area contributed by atoms with E-state index in [1.165, 1.54) is 6.08 Å². The first kappa shape index (κ1) is 20.7. The van der Waals surface area contributed by atoms with Crippen molar-refractivity contribution in [1.82, 2.24) is 0 Å². The van der Waals surface area contributed by atoms with Crippen molar-refractivity contribution in [2.24, 2.45) is 0 Å². The monoisotopic (exact) mass is 458 g/mol. The lowest BCUT2D eigenvalue weighted by molar-refractivity contribution is -0.144. The second kappa shape index (κ2) is 8.96. The molecule has 0 atom stereocenters. The van der Waals surface area contributed by atoms with Crippen molar-refractivity contribution in [1.29, 1.82) is 0 Å². The van der Waals surface area contributed by atoms with Crippen molar-refractivity contribution in [3.63, 3.8) is 0 Å². The Morgan fingerprint density at radius 3 is 2.72 bits per heavy atom. The van der Waals surface area contributed by atoms with Gasteiger partial charge in [-0.15, -0.1) is 0 Å². The Morgan fingerprint density at radius 1 is 1.24 bits per heavy atom. The van der Waals surface area contributed by atoms with Crippen LogP contribution in [-0.4, -0.2) is 32.1 Å². The molecule has 7 heteroatoms. The van der Waals surface area contributed by atoms with Crippen LogP contribution in [0, 0.1) is 6.92 Å². The molecule has 0 radical (unpaired) electrons. The minimum atomic E-state index is -0.510. The van der Waals surface area contributed by atoms with Gasteiger partial charge in [0.05, 0.1) is 12.7 Å². The molecule has 0 saturated heterocycles. The average Bonchev–Trinajstić information content (AvgIpc) is 3.02. The third kappa shape index (κ3) is 4.51. The summed E-state index contributed by atoms with van der Waals surface area (Å²) in [7, 11) is 1.56. The number of halogens is 1. The largest absolute Gasteiger partial charge is 0.496 e. The van der Waals surface area contributed by atoms with E-state index in [1.54, 1.807) is 38.3 Å². The number of rotatable bonds is 7. The van der Waals surface area contributed by atoms with Crippen LogP contribution in [0.4, 0.5) is 0 Å². The summed E-state index contributed by atoms with van der Waals surface area (Å²) in [5.41, 5.74) is 1.76. The summed E-state index contributed by atoms with van der Waals surface area (Å²) >= 11 is 3.41. The summed E-state index contributed by atoms with van der Waals surface area (Å²) in [6, 6.07) is 8.74. The highest BCUT2D eigenvalue weighted by Gasteiger charge is 2.30. The summed E-state index contributed by atoms with van der Waals surface area (Å²) in [6.45, 7) is 5.12. The Hall–Kier alpha value is -3.06. The van der Waals surface area contributed by atoms with Gasteiger partial charge in [-0.05, 0) is 43.3 Å². The molecule has 1 aliphatic heterocycles. The Bertz CT molecular complexity index is 1010. The fourth-order valence-corrected chi connectivity index (χ4v) is 3.19. The number of allylic oxidation sites excluding steroid dienone is 1. The van der Waals surface area contributed by atoms with Crippen LogP contribution < -0.4 is 14.2 Å². The Kier molecular flexibility index (Phi) is 6.39. The molecule has 0 unspecified atom stereocenters. The Labute approximate surface area is 176 Å². The molecule has 150 valence electrons. The van der Waals surface area contributed by atoms with Gasteiger partial charge in [0.1, 0.15) is 23.9 Å². The third-order valence-corrected chi connectivity index (χ3v) is 4.72. The van der Waals surface area contributed by atoms with Gasteiger partial charge in [-0.1, -0.05) is 28.6 Å². The van der Waals surface area contributed by atoms with E-state index in [0.29, 0.717) is 33.9 Å². The minimum Gasteiger partial charge on any atom is -0.496 e. The van der Waals surface area contributed by atoms with Crippen molar-refractivity contribution >= 4 is 33.8 Å². The van der Waals surface area contributed by atoms with Gasteiger partial charge in [-0.3, -0.25) is 4.79 Å². The third-order valence-electron chi connectivity index (χ3n) is 4.22. The van der Waals surface area contributed by atoms with Gasteiger partial charge in [0.25, 0.3) is 0 Å². The smallest absolute Gasteiger partial charge is 0.344 e. The maximum absolute atomic E-state index is 12.8. The van der Waals surface area contributed by atoms with Gasteiger partial charge in [0.15, 0.2) is 12.4 Å². The predicted octanol–water partition coefficient (Wildman–Crippen LogP) is 4.49. The predicted molar refractivity (Wildman–Crippen MR) is 111 cm³/mol. The van der Waals surface area contributed by atoms with Crippen molar-refractivity contribution in [2.75, 3.05) is 20.3 Å². The first-order valence-electron chi connectivity index (χ1n) is 8.75. The van der Waals surface area contributed by atoms with Crippen LogP contribution in [0.3, 0.4) is 0 Å². The lowest BCUT2D eigenvalue weighted by Crippen LogP contribution is -2.15. The van der Waals surface area contributed by atoms with Gasteiger partial charge < -0.3 is 18.9 Å². The first-order valence-corrected chi connectivity index (χ1v) is 9.54. The lowest BCUT2D eigenvalue weighted by Gasteiger charge is -2.11. The standard InChI is InChI=1S/C22H19BrO6/c1-4-9-27-20(24)12-28-17-8-6-16-21(25)19(29-22(16)13(17)2)11-14-10-15(23)5-7-18(14)26-3/h4-8,10-11H,1,9,12H2,2-3H3/b19-11-. The van der Waals surface area contributed by atoms with Crippen LogP contribution in [0.5, 0.6) is 17.2 Å². The number of ketones is 1. The zero-order valence-corrected chi connectivity index (χ0v) is 17.6. The Balaban J connectivity index is 1.84. The maximum atomic E-state index is 12.8. The number of fused-ring (bicyclic) bond motifs is 1. The number of hydrogen-bond acceptors (Lipinski definition) is 6. The molecule has 0 fully saturated rings. The fraction of sp³-hybridized carbons (Fsp3) is 0.182. The van der Waals surface area contributed by atoms with Crippen molar-refractivity contribution in [3.05, 3.63) is 69.9 Å². The van der Waals surface area contributed by atoms with Crippen LogP contribution in [0.2, 0.25) is 0 Å². The SMILES string of the molecule is C=CCOC(=O)COc1ccc2c(c1C)O/C(=C\c1cc(Br)ccc1OC)C2=O. The number of hydrogen-bond donors (Lipinski definition) is 0. The van der Waals surface area contributed by atoms with Crippen LogP contribution in [0.25, 0.3) is 6.08 Å². The molecular formula is C22H19BrO6. The number of carbonyl (C=O) groups excluding carboxylic acids is 2. The number of benzene rings is 2. The summed E-state index contributed by atoms with van der Waals surface area (Å²) in [5, 5.41) is 0. The highest BCUT2D eigenvalue weighted by Crippen LogP contribution is 2.40. The van der Waals surface area contributed by atoms with Crippen molar-refractivity contribution < 1.29 is 28.5 Å². The Morgan fingerprint density at radius 2 is 2.00 bits per heavy atom. The molecule has 0 aliphatic carbocycles. The normalized spacial score (nSPS) is 13.6. The zero-order chi connectivity index (χ0) is 21.0. The van der Waals surface area contributed by atoms with Gasteiger partial charge in [0, 0.05) is 15.6 Å². The molecule has 0 bridgehead atoms. The van der Waals surface area contributed by atoms with E-state index in [0.717, 1.165) is 4.47 Å². The van der Waals surface area contributed by atoms with Crippen LogP contribution in [0.1, 0.15) is 21.5 Å². The van der Waals surface area contributed by atoms with E-state index in [-0.39, 0.29) is 24.8 Å². The molecule has 0 spiro atoms. The van der Waals surface area contributed by atoms with Gasteiger partial charge in [-0.2, -0.15) is 0 Å². The van der Waals surface area contributed by atoms with E-state index in [2.05, 4.69) is 22.5 Å². The van der Waals surface area contributed by atoms with E-state index in [9.17, 15) is 9.59 Å². The second-order valence-electron chi connectivity index (χ2n) is 6.15. The molecule has 0 saturated carbocycles. The molecule has 0 aromatic heterocycles. The van der Waals surface area contributed by atoms with E-state index >= 15 is 0 Å². The molecule has 1 aliphatic rings. The minimum absolute atomic E-state index is 0.121. The summed E-state index contributed by atoms with van der Waals surface area (Å²) in [4.78, 5) is 24.4. The molecule has 2 aromatic carbocycles. The molecule has 1 heterocycles. The van der Waals surface area contributed by atoms with Crippen LogP contribution in [0.15, 0.2) is 53.2 Å². The number of ether oxygens (including phenoxy) is 4. The number of esters is 1. The number of methoxy groups -OCH3 is 1. The van der Waals surface area contributed by atoms with Gasteiger partial charge in [0.2, 0.25) is 5.78 Å².